The van der Waals surface area contributed by atoms with Crippen molar-refractivity contribution in [2.75, 3.05) is 29.4 Å². The zero-order valence-corrected chi connectivity index (χ0v) is 22.7. The summed E-state index contributed by atoms with van der Waals surface area (Å²) in [6, 6.07) is 6.73. The number of aliphatic carboxylic acids is 1. The second kappa shape index (κ2) is 10.1. The largest absolute Gasteiger partial charge is 0.481 e. The zero-order chi connectivity index (χ0) is 27.9. The molecule has 4 aromatic rings. The Morgan fingerprint density at radius 2 is 1.82 bits per heavy atom. The Bertz CT molecular complexity index is 1620. The van der Waals surface area contributed by atoms with Crippen LogP contribution in [-0.4, -0.2) is 56.3 Å². The number of benzene rings is 1. The Hall–Kier alpha value is -4.32. The van der Waals surface area contributed by atoms with E-state index in [0.717, 1.165) is 27.0 Å². The van der Waals surface area contributed by atoms with Gasteiger partial charge in [-0.15, -0.1) is 0 Å². The van der Waals surface area contributed by atoms with Gasteiger partial charge in [-0.05, 0) is 56.0 Å². The van der Waals surface area contributed by atoms with Crippen molar-refractivity contribution < 1.29 is 14.7 Å². The molecule has 11 nitrogen and oxygen atoms in total. The standard InChI is InChI=1S/C27H29N7O4S/c1-4-34(24(28)38)26-31-20-12-17(11-19(22(20)39-26)16-5-8-32(3)21(35)13-16)18-14-29-25(30-15-18)33-9-6-27(2,7-10-33)23(36)37/h5,8,11-15H,4,6-7,9-10H2,1-3H3,(H2,28,38)(H,36,37). The number of pyridine rings is 1. The van der Waals surface area contributed by atoms with Gasteiger partial charge in [0.25, 0.3) is 5.56 Å². The molecule has 3 aromatic heterocycles. The van der Waals surface area contributed by atoms with Gasteiger partial charge in [-0.2, -0.15) is 0 Å². The monoisotopic (exact) mass is 547 g/mol. The van der Waals surface area contributed by atoms with Gasteiger partial charge in [-0.25, -0.2) is 19.7 Å². The molecule has 0 saturated carbocycles. The summed E-state index contributed by atoms with van der Waals surface area (Å²) in [5.74, 6) is -0.223. The Balaban J connectivity index is 1.54. The first kappa shape index (κ1) is 26.3. The highest BCUT2D eigenvalue weighted by atomic mass is 32.1. The van der Waals surface area contributed by atoms with Crippen molar-refractivity contribution in [1.82, 2.24) is 19.5 Å². The molecule has 0 spiro atoms. The van der Waals surface area contributed by atoms with Crippen LogP contribution >= 0.6 is 11.3 Å². The maximum Gasteiger partial charge on any atom is 0.321 e. The minimum absolute atomic E-state index is 0.142. The van der Waals surface area contributed by atoms with Crippen molar-refractivity contribution in [3.05, 3.63) is 53.2 Å². The third-order valence-corrected chi connectivity index (χ3v) is 8.47. The van der Waals surface area contributed by atoms with Crippen LogP contribution in [0.25, 0.3) is 32.5 Å². The summed E-state index contributed by atoms with van der Waals surface area (Å²) in [7, 11) is 1.69. The number of hydrogen-bond donors (Lipinski definition) is 2. The summed E-state index contributed by atoms with van der Waals surface area (Å²) in [6.45, 7) is 5.11. The number of primary amides is 1. The minimum Gasteiger partial charge on any atom is -0.481 e. The van der Waals surface area contributed by atoms with Crippen LogP contribution in [0.2, 0.25) is 0 Å². The molecule has 0 atom stereocenters. The van der Waals surface area contributed by atoms with E-state index in [1.807, 2.05) is 30.0 Å². The van der Waals surface area contributed by atoms with E-state index in [-0.39, 0.29) is 5.56 Å². The maximum absolute atomic E-state index is 12.4. The average molecular weight is 548 g/mol. The van der Waals surface area contributed by atoms with Crippen molar-refractivity contribution in [1.29, 1.82) is 0 Å². The number of carboxylic acid groups (broad SMARTS) is 1. The molecule has 4 heterocycles. The first-order valence-corrected chi connectivity index (χ1v) is 13.4. The van der Waals surface area contributed by atoms with E-state index in [1.165, 1.54) is 20.8 Å². The molecule has 0 bridgehead atoms. The lowest BCUT2D eigenvalue weighted by atomic mass is 9.80. The number of nitrogens with zero attached hydrogens (tertiary/aromatic N) is 6. The maximum atomic E-state index is 12.4. The second-order valence-electron chi connectivity index (χ2n) is 9.94. The summed E-state index contributed by atoms with van der Waals surface area (Å²) in [6.07, 6.45) is 6.23. The highest BCUT2D eigenvalue weighted by Crippen LogP contribution is 2.39. The molecule has 39 heavy (non-hydrogen) atoms. The van der Waals surface area contributed by atoms with Crippen molar-refractivity contribution in [2.45, 2.75) is 26.7 Å². The Kier molecular flexibility index (Phi) is 6.81. The molecule has 0 radical (unpaired) electrons. The van der Waals surface area contributed by atoms with Gasteiger partial charge >= 0.3 is 12.0 Å². The first-order valence-electron chi connectivity index (χ1n) is 12.6. The fraction of sp³-hybridized carbons (Fsp3) is 0.333. The van der Waals surface area contributed by atoms with Gasteiger partial charge in [0, 0.05) is 62.5 Å². The number of anilines is 2. The third-order valence-electron chi connectivity index (χ3n) is 7.34. The number of urea groups is 1. The van der Waals surface area contributed by atoms with Gasteiger partial charge in [0.2, 0.25) is 5.95 Å². The number of carbonyl (C=O) groups is 2. The van der Waals surface area contributed by atoms with E-state index in [4.69, 9.17) is 10.7 Å². The number of rotatable bonds is 6. The van der Waals surface area contributed by atoms with E-state index >= 15 is 0 Å². The van der Waals surface area contributed by atoms with E-state index in [9.17, 15) is 19.5 Å². The molecular weight excluding hydrogens is 518 g/mol. The molecule has 0 unspecified atom stereocenters. The summed E-state index contributed by atoms with van der Waals surface area (Å²) in [5.41, 5.74) is 8.47. The molecule has 12 heteroatoms. The first-order chi connectivity index (χ1) is 18.6. The molecule has 1 fully saturated rings. The van der Waals surface area contributed by atoms with Crippen LogP contribution in [0.15, 0.2) is 47.7 Å². The van der Waals surface area contributed by atoms with E-state index in [2.05, 4.69) is 9.97 Å². The lowest BCUT2D eigenvalue weighted by Gasteiger charge is -2.36. The highest BCUT2D eigenvalue weighted by Gasteiger charge is 2.37. The lowest BCUT2D eigenvalue weighted by Crippen LogP contribution is -2.43. The minimum atomic E-state index is -0.774. The van der Waals surface area contributed by atoms with Gasteiger partial charge in [0.05, 0.1) is 15.6 Å². The Labute approximate surface area is 228 Å². The molecule has 5 rings (SSSR count). The number of nitrogens with two attached hydrogens (primary N) is 1. The number of carbonyl (C=O) groups excluding carboxylic acids is 1. The van der Waals surface area contributed by atoms with Gasteiger partial charge in [0.1, 0.15) is 0 Å². The molecule has 1 aliphatic rings. The van der Waals surface area contributed by atoms with Gasteiger partial charge in [-0.3, -0.25) is 14.5 Å². The van der Waals surface area contributed by atoms with Crippen molar-refractivity contribution in [3.8, 4) is 22.3 Å². The number of thiazole rings is 1. The number of carboxylic acids is 1. The van der Waals surface area contributed by atoms with Crippen LogP contribution in [-0.2, 0) is 11.8 Å². The van der Waals surface area contributed by atoms with Crippen molar-refractivity contribution in [3.63, 3.8) is 0 Å². The topological polar surface area (TPSA) is 148 Å². The van der Waals surface area contributed by atoms with Crippen LogP contribution in [0, 0.1) is 5.41 Å². The second-order valence-corrected chi connectivity index (χ2v) is 10.9. The average Bonchev–Trinajstić information content (AvgIpc) is 3.34. The quantitative estimate of drug-likeness (QED) is 0.371. The van der Waals surface area contributed by atoms with Crippen LogP contribution in [0.1, 0.15) is 26.7 Å². The molecule has 2 amide bonds. The van der Waals surface area contributed by atoms with Crippen LogP contribution < -0.4 is 21.1 Å². The SMILES string of the molecule is CCN(C(N)=O)c1nc2cc(-c3cnc(N4CCC(C)(C(=O)O)CC4)nc3)cc(-c3ccn(C)c(=O)c3)c2s1. The van der Waals surface area contributed by atoms with Gasteiger partial charge in [0.15, 0.2) is 5.13 Å². The molecule has 1 saturated heterocycles. The van der Waals surface area contributed by atoms with E-state index in [1.54, 1.807) is 38.6 Å². The Morgan fingerprint density at radius 3 is 2.41 bits per heavy atom. The van der Waals surface area contributed by atoms with Crippen LogP contribution in [0.3, 0.4) is 0 Å². The summed E-state index contributed by atoms with van der Waals surface area (Å²) >= 11 is 1.34. The van der Waals surface area contributed by atoms with E-state index < -0.39 is 17.4 Å². The normalized spacial score (nSPS) is 14.9. The molecule has 202 valence electrons. The van der Waals surface area contributed by atoms with Gasteiger partial charge < -0.3 is 20.3 Å². The zero-order valence-electron chi connectivity index (χ0n) is 21.9. The smallest absolute Gasteiger partial charge is 0.321 e. The predicted octanol–water partition coefficient (Wildman–Crippen LogP) is 3.72. The molecule has 1 aromatic carbocycles. The molecule has 3 N–H and O–H groups in total. The molecule has 0 aliphatic carbocycles. The Morgan fingerprint density at radius 1 is 1.13 bits per heavy atom. The third kappa shape index (κ3) is 4.94. The fourth-order valence-electron chi connectivity index (χ4n) is 4.67. The lowest BCUT2D eigenvalue weighted by molar-refractivity contribution is -0.149. The number of aromatic nitrogens is 4. The number of piperidine rings is 1. The highest BCUT2D eigenvalue weighted by molar-refractivity contribution is 7.23. The summed E-state index contributed by atoms with van der Waals surface area (Å²) in [5, 5.41) is 9.98. The number of aryl methyl sites for hydroxylation is 1. The molecule has 1 aliphatic heterocycles. The van der Waals surface area contributed by atoms with Crippen LogP contribution in [0.4, 0.5) is 15.9 Å². The predicted molar refractivity (Wildman–Crippen MR) is 151 cm³/mol. The van der Waals surface area contributed by atoms with Gasteiger partial charge in [-0.1, -0.05) is 11.3 Å². The summed E-state index contributed by atoms with van der Waals surface area (Å²) in [4.78, 5) is 53.3. The fourth-order valence-corrected chi connectivity index (χ4v) is 5.82. The van der Waals surface area contributed by atoms with Crippen molar-refractivity contribution in [2.24, 2.45) is 18.2 Å². The number of amides is 2. The summed E-state index contributed by atoms with van der Waals surface area (Å²) < 4.78 is 2.33. The number of hydrogen-bond acceptors (Lipinski definition) is 8. The van der Waals surface area contributed by atoms with E-state index in [0.29, 0.717) is 49.1 Å². The molecular formula is C27H29N7O4S. The van der Waals surface area contributed by atoms with Crippen LogP contribution in [0.5, 0.6) is 0 Å². The number of fused-ring (bicyclic) bond motifs is 1. The van der Waals surface area contributed by atoms with Crippen molar-refractivity contribution >= 4 is 44.6 Å².